The number of carboxylic acid groups (broad SMARTS) is 1. The number of hydrogen-bond donors (Lipinski definition) is 2. The summed E-state index contributed by atoms with van der Waals surface area (Å²) in [6.07, 6.45) is -0.178. The first-order valence-corrected chi connectivity index (χ1v) is 7.07. The van der Waals surface area contributed by atoms with Gasteiger partial charge in [-0.25, -0.2) is 4.68 Å². The fourth-order valence-electron chi connectivity index (χ4n) is 2.24. The van der Waals surface area contributed by atoms with Gasteiger partial charge < -0.3 is 10.4 Å². The van der Waals surface area contributed by atoms with Crippen LogP contribution in [0.15, 0.2) is 30.3 Å². The average Bonchev–Trinajstić information content (AvgIpc) is 2.81. The van der Waals surface area contributed by atoms with Crippen LogP contribution >= 0.6 is 0 Å². The van der Waals surface area contributed by atoms with Gasteiger partial charge in [-0.15, -0.1) is 0 Å². The lowest BCUT2D eigenvalue weighted by molar-refractivity contribution is -0.138. The van der Waals surface area contributed by atoms with E-state index < -0.39 is 5.97 Å². The zero-order valence-corrected chi connectivity index (χ0v) is 12.7. The molecule has 2 N–H and O–H groups in total. The Morgan fingerprint density at radius 3 is 2.59 bits per heavy atom. The molecule has 0 aliphatic rings. The van der Waals surface area contributed by atoms with Gasteiger partial charge in [0.05, 0.1) is 17.8 Å². The van der Waals surface area contributed by atoms with Crippen molar-refractivity contribution in [2.24, 2.45) is 0 Å². The molecule has 0 spiro atoms. The highest BCUT2D eigenvalue weighted by Crippen LogP contribution is 2.16. The molecule has 2 aromatic rings. The first-order valence-electron chi connectivity index (χ1n) is 7.07. The Morgan fingerprint density at radius 2 is 1.95 bits per heavy atom. The maximum atomic E-state index is 11.6. The van der Waals surface area contributed by atoms with Gasteiger partial charge in [0.25, 0.3) is 0 Å². The molecule has 1 aromatic carbocycles. The first-order chi connectivity index (χ1) is 10.5. The number of aliphatic carboxylic acids is 1. The van der Waals surface area contributed by atoms with Crippen molar-refractivity contribution < 1.29 is 14.7 Å². The van der Waals surface area contributed by atoms with Crippen molar-refractivity contribution in [1.82, 2.24) is 15.1 Å². The van der Waals surface area contributed by atoms with Crippen molar-refractivity contribution >= 4 is 11.9 Å². The van der Waals surface area contributed by atoms with Crippen molar-refractivity contribution in [3.63, 3.8) is 0 Å². The molecule has 0 saturated heterocycles. The monoisotopic (exact) mass is 301 g/mol. The number of rotatable bonds is 6. The molecule has 0 bridgehead atoms. The van der Waals surface area contributed by atoms with E-state index in [4.69, 9.17) is 5.11 Å². The van der Waals surface area contributed by atoms with Crippen molar-refractivity contribution in [2.75, 3.05) is 0 Å². The summed E-state index contributed by atoms with van der Waals surface area (Å²) < 4.78 is 1.84. The summed E-state index contributed by atoms with van der Waals surface area (Å²) in [4.78, 5) is 22.1. The largest absolute Gasteiger partial charge is 0.481 e. The Bertz CT molecular complexity index is 692. The molecule has 116 valence electrons. The number of carbonyl (C=O) groups excluding carboxylic acids is 1. The van der Waals surface area contributed by atoms with Gasteiger partial charge in [0, 0.05) is 18.7 Å². The molecule has 1 aromatic heterocycles. The Hall–Kier alpha value is -2.63. The van der Waals surface area contributed by atoms with Crippen molar-refractivity contribution in [3.8, 4) is 5.69 Å². The number of hydrogen-bond acceptors (Lipinski definition) is 3. The van der Waals surface area contributed by atoms with Crippen LogP contribution in [-0.2, 0) is 16.1 Å². The Balaban J connectivity index is 2.11. The average molecular weight is 301 g/mol. The third-order valence-electron chi connectivity index (χ3n) is 3.27. The second-order valence-corrected chi connectivity index (χ2v) is 5.14. The van der Waals surface area contributed by atoms with Gasteiger partial charge in [-0.05, 0) is 31.5 Å². The molecule has 1 heterocycles. The lowest BCUT2D eigenvalue weighted by Crippen LogP contribution is -2.24. The molecule has 0 saturated carbocycles. The lowest BCUT2D eigenvalue weighted by atomic mass is 10.1. The molecule has 6 nitrogen and oxygen atoms in total. The summed E-state index contributed by atoms with van der Waals surface area (Å²) in [5.41, 5.74) is 3.78. The van der Waals surface area contributed by atoms with E-state index in [9.17, 15) is 9.59 Å². The minimum atomic E-state index is -0.974. The number of para-hydroxylation sites is 1. The summed E-state index contributed by atoms with van der Waals surface area (Å²) in [5.74, 6) is -1.25. The zero-order valence-electron chi connectivity index (χ0n) is 12.7. The second kappa shape index (κ2) is 6.89. The number of carboxylic acids is 1. The molecule has 2 rings (SSSR count). The van der Waals surface area contributed by atoms with E-state index in [2.05, 4.69) is 10.4 Å². The first kappa shape index (κ1) is 15.8. The van der Waals surface area contributed by atoms with Crippen LogP contribution in [0, 0.1) is 13.8 Å². The number of carbonyl (C=O) groups is 2. The van der Waals surface area contributed by atoms with Crippen LogP contribution in [0.2, 0.25) is 0 Å². The van der Waals surface area contributed by atoms with E-state index in [0.717, 1.165) is 22.6 Å². The quantitative estimate of drug-likeness (QED) is 0.854. The van der Waals surface area contributed by atoms with Crippen LogP contribution in [0.1, 0.15) is 29.8 Å². The number of amides is 1. The molecule has 1 amide bonds. The molecule has 22 heavy (non-hydrogen) atoms. The van der Waals surface area contributed by atoms with Crippen LogP contribution in [0.25, 0.3) is 5.69 Å². The third kappa shape index (κ3) is 3.94. The highest BCUT2D eigenvalue weighted by Gasteiger charge is 2.10. The van der Waals surface area contributed by atoms with Crippen molar-refractivity contribution in [3.05, 3.63) is 47.3 Å². The fourth-order valence-corrected chi connectivity index (χ4v) is 2.24. The number of benzene rings is 1. The molecular weight excluding hydrogens is 282 g/mol. The minimum absolute atomic E-state index is 0.0165. The molecule has 0 unspecified atom stereocenters. The molecule has 0 aliphatic carbocycles. The molecule has 0 atom stereocenters. The van der Waals surface area contributed by atoms with Gasteiger partial charge in [0.2, 0.25) is 5.91 Å². The predicted molar refractivity (Wildman–Crippen MR) is 81.8 cm³/mol. The SMILES string of the molecule is Cc1cc(C)n(-c2ccccc2CNC(=O)CCC(=O)O)n1. The van der Waals surface area contributed by atoms with E-state index in [-0.39, 0.29) is 18.7 Å². The maximum absolute atomic E-state index is 11.6. The van der Waals surface area contributed by atoms with Crippen LogP contribution in [0.4, 0.5) is 0 Å². The summed E-state index contributed by atoms with van der Waals surface area (Å²) in [5, 5.41) is 15.8. The van der Waals surface area contributed by atoms with Gasteiger partial charge >= 0.3 is 5.97 Å². The highest BCUT2D eigenvalue weighted by atomic mass is 16.4. The standard InChI is InChI=1S/C16H19N3O3/c1-11-9-12(2)19(18-11)14-6-4-3-5-13(14)10-17-15(20)7-8-16(21)22/h3-6,9H,7-8,10H2,1-2H3,(H,17,20)(H,21,22). The predicted octanol–water partition coefficient (Wildman–Crippen LogP) is 1.97. The summed E-state index contributed by atoms with van der Waals surface area (Å²) in [7, 11) is 0. The van der Waals surface area contributed by atoms with E-state index in [1.807, 2.05) is 48.9 Å². The van der Waals surface area contributed by atoms with E-state index in [0.29, 0.717) is 6.54 Å². The highest BCUT2D eigenvalue weighted by molar-refractivity contribution is 5.80. The second-order valence-electron chi connectivity index (χ2n) is 5.14. The van der Waals surface area contributed by atoms with Gasteiger partial charge in [0.15, 0.2) is 0 Å². The lowest BCUT2D eigenvalue weighted by Gasteiger charge is -2.12. The van der Waals surface area contributed by atoms with E-state index in [1.165, 1.54) is 0 Å². The number of aryl methyl sites for hydroxylation is 2. The molecule has 6 heteroatoms. The van der Waals surface area contributed by atoms with E-state index >= 15 is 0 Å². The number of nitrogens with zero attached hydrogens (tertiary/aromatic N) is 2. The van der Waals surface area contributed by atoms with Gasteiger partial charge in [-0.2, -0.15) is 5.10 Å². The van der Waals surface area contributed by atoms with Gasteiger partial charge in [-0.1, -0.05) is 18.2 Å². The Morgan fingerprint density at radius 1 is 1.23 bits per heavy atom. The Labute approximate surface area is 128 Å². The smallest absolute Gasteiger partial charge is 0.303 e. The molecular formula is C16H19N3O3. The summed E-state index contributed by atoms with van der Waals surface area (Å²) >= 11 is 0. The minimum Gasteiger partial charge on any atom is -0.481 e. The summed E-state index contributed by atoms with van der Waals surface area (Å²) in [6.45, 7) is 4.25. The number of aromatic nitrogens is 2. The molecule has 0 radical (unpaired) electrons. The maximum Gasteiger partial charge on any atom is 0.303 e. The normalized spacial score (nSPS) is 10.5. The van der Waals surface area contributed by atoms with Crippen LogP contribution in [0.5, 0.6) is 0 Å². The summed E-state index contributed by atoms with van der Waals surface area (Å²) in [6, 6.07) is 9.67. The van der Waals surface area contributed by atoms with Gasteiger partial charge in [0.1, 0.15) is 0 Å². The zero-order chi connectivity index (χ0) is 16.1. The van der Waals surface area contributed by atoms with Crippen LogP contribution in [0.3, 0.4) is 0 Å². The Kier molecular flexibility index (Phi) is 4.93. The number of nitrogens with one attached hydrogen (secondary N) is 1. The van der Waals surface area contributed by atoms with Crippen LogP contribution in [-0.4, -0.2) is 26.8 Å². The molecule has 0 fully saturated rings. The van der Waals surface area contributed by atoms with Gasteiger partial charge in [-0.3, -0.25) is 9.59 Å². The van der Waals surface area contributed by atoms with Crippen molar-refractivity contribution in [1.29, 1.82) is 0 Å². The fraction of sp³-hybridized carbons (Fsp3) is 0.312. The van der Waals surface area contributed by atoms with Crippen molar-refractivity contribution in [2.45, 2.75) is 33.2 Å². The van der Waals surface area contributed by atoms with E-state index in [1.54, 1.807) is 0 Å². The topological polar surface area (TPSA) is 84.2 Å². The third-order valence-corrected chi connectivity index (χ3v) is 3.27. The molecule has 0 aliphatic heterocycles. The van der Waals surface area contributed by atoms with Crippen LogP contribution < -0.4 is 5.32 Å².